The lowest BCUT2D eigenvalue weighted by Crippen LogP contribution is -2.41. The summed E-state index contributed by atoms with van der Waals surface area (Å²) in [5.41, 5.74) is 4.44. The van der Waals surface area contributed by atoms with Gasteiger partial charge >= 0.3 is 0 Å². The number of hydrogen-bond acceptors (Lipinski definition) is 3. The maximum absolute atomic E-state index is 13.6. The maximum atomic E-state index is 13.6. The van der Waals surface area contributed by atoms with E-state index in [1.807, 2.05) is 87.0 Å². The Bertz CT molecular complexity index is 1520. The monoisotopic (exact) mass is 479 g/mol. The van der Waals surface area contributed by atoms with Crippen LogP contribution in [-0.2, 0) is 13.5 Å². The fraction of sp³-hybridized carbons (Fsp3) is 0.207. The highest BCUT2D eigenvalue weighted by Crippen LogP contribution is 2.21. The molecular formula is C29H29N5O2. The van der Waals surface area contributed by atoms with Gasteiger partial charge in [-0.15, -0.1) is 0 Å². The fourth-order valence-electron chi connectivity index (χ4n) is 4.73. The van der Waals surface area contributed by atoms with Crippen LogP contribution in [0.3, 0.4) is 0 Å². The highest BCUT2D eigenvalue weighted by molar-refractivity contribution is 6.06. The number of fused-ring (bicyclic) bond motifs is 2. The lowest BCUT2D eigenvalue weighted by Gasteiger charge is -2.29. The lowest BCUT2D eigenvalue weighted by atomic mass is 10.0. The van der Waals surface area contributed by atoms with Crippen LogP contribution in [0.1, 0.15) is 33.0 Å². The number of imidazole rings is 1. The van der Waals surface area contributed by atoms with Gasteiger partial charge in [-0.3, -0.25) is 9.59 Å². The van der Waals surface area contributed by atoms with Gasteiger partial charge in [0.25, 0.3) is 11.8 Å². The number of hydrogen-bond donors (Lipinski definition) is 2. The molecule has 2 heterocycles. The molecule has 7 nitrogen and oxygen atoms in total. The first-order valence-electron chi connectivity index (χ1n) is 12.1. The number of carbonyl (C=O) groups is 2. The van der Waals surface area contributed by atoms with E-state index in [0.717, 1.165) is 27.5 Å². The number of aromatic nitrogens is 3. The Morgan fingerprint density at radius 3 is 2.58 bits per heavy atom. The maximum Gasteiger partial charge on any atom is 0.287 e. The summed E-state index contributed by atoms with van der Waals surface area (Å²) >= 11 is 0. The van der Waals surface area contributed by atoms with Crippen molar-refractivity contribution in [3.05, 3.63) is 102 Å². The van der Waals surface area contributed by atoms with E-state index in [4.69, 9.17) is 0 Å². The van der Waals surface area contributed by atoms with Gasteiger partial charge in [0.05, 0.1) is 11.0 Å². The Balaban J connectivity index is 1.32. The fourth-order valence-corrected chi connectivity index (χ4v) is 4.73. The Morgan fingerprint density at radius 2 is 1.78 bits per heavy atom. The highest BCUT2D eigenvalue weighted by Gasteiger charge is 2.24. The van der Waals surface area contributed by atoms with Crippen molar-refractivity contribution in [3.8, 4) is 0 Å². The number of amides is 2. The molecule has 2 aromatic heterocycles. The van der Waals surface area contributed by atoms with Crippen molar-refractivity contribution in [2.45, 2.75) is 18.9 Å². The molecule has 5 aromatic rings. The van der Waals surface area contributed by atoms with E-state index >= 15 is 0 Å². The van der Waals surface area contributed by atoms with Crippen LogP contribution in [0.5, 0.6) is 0 Å². The number of nitrogens with zero attached hydrogens (tertiary/aromatic N) is 3. The molecule has 3 aromatic carbocycles. The van der Waals surface area contributed by atoms with Gasteiger partial charge in [0.1, 0.15) is 0 Å². The molecule has 36 heavy (non-hydrogen) atoms. The topological polar surface area (TPSA) is 83.0 Å². The van der Waals surface area contributed by atoms with Gasteiger partial charge in [0, 0.05) is 49.3 Å². The van der Waals surface area contributed by atoms with Crippen LogP contribution in [0.15, 0.2) is 85.1 Å². The number of H-pyrrole nitrogens is 1. The molecule has 7 heteroatoms. The number of aryl methyl sites for hydroxylation is 1. The molecular weight excluding hydrogens is 450 g/mol. The summed E-state index contributed by atoms with van der Waals surface area (Å²) in [4.78, 5) is 36.0. The van der Waals surface area contributed by atoms with Gasteiger partial charge < -0.3 is 19.8 Å². The normalized spacial score (nSPS) is 12.1. The molecule has 0 fully saturated rings. The standard InChI is InChI=1S/C29H29N5O2/c1-33(29(36)23-11-8-13-24-22(23)16-18-30-24)21(19-20-9-4-3-5-10-20)15-17-31-28(35)27-32-25-12-6-7-14-26(25)34(27)2/h3-14,16,18,21,30H,15,17,19H2,1-2H3,(H,31,35)/t21-/m1/s1. The predicted octanol–water partition coefficient (Wildman–Crippen LogP) is 4.56. The van der Waals surface area contributed by atoms with E-state index in [2.05, 4.69) is 27.4 Å². The number of nitrogens with one attached hydrogen (secondary N) is 2. The van der Waals surface area contributed by atoms with Gasteiger partial charge in [0.15, 0.2) is 5.82 Å². The molecule has 0 spiro atoms. The van der Waals surface area contributed by atoms with Crippen molar-refractivity contribution in [1.82, 2.24) is 24.8 Å². The number of para-hydroxylation sites is 2. The summed E-state index contributed by atoms with van der Waals surface area (Å²) in [6.07, 6.45) is 3.14. The first kappa shape index (κ1) is 23.4. The molecule has 0 radical (unpaired) electrons. The van der Waals surface area contributed by atoms with Gasteiger partial charge in [-0.2, -0.15) is 0 Å². The molecule has 0 bridgehead atoms. The molecule has 1 atom stereocenters. The zero-order chi connectivity index (χ0) is 25.1. The largest absolute Gasteiger partial charge is 0.361 e. The second kappa shape index (κ2) is 10.1. The minimum Gasteiger partial charge on any atom is -0.361 e. The third-order valence-electron chi connectivity index (χ3n) is 6.76. The first-order valence-corrected chi connectivity index (χ1v) is 12.1. The molecule has 2 amide bonds. The van der Waals surface area contributed by atoms with E-state index < -0.39 is 0 Å². The van der Waals surface area contributed by atoms with Crippen LogP contribution in [0, 0.1) is 0 Å². The SMILES string of the molecule is CN(C(=O)c1cccc2[nH]ccc12)[C@H](CCNC(=O)c1nc2ccccc2n1C)Cc1ccccc1. The van der Waals surface area contributed by atoms with Crippen LogP contribution in [0.2, 0.25) is 0 Å². The molecule has 0 saturated carbocycles. The van der Waals surface area contributed by atoms with Crippen LogP contribution in [-0.4, -0.2) is 50.9 Å². The van der Waals surface area contributed by atoms with Crippen molar-refractivity contribution in [2.75, 3.05) is 13.6 Å². The summed E-state index contributed by atoms with van der Waals surface area (Å²) in [6.45, 7) is 0.422. The molecule has 5 rings (SSSR count). The van der Waals surface area contributed by atoms with Crippen LogP contribution in [0.25, 0.3) is 21.9 Å². The van der Waals surface area contributed by atoms with Crippen molar-refractivity contribution in [1.29, 1.82) is 0 Å². The Labute approximate surface area is 209 Å². The zero-order valence-electron chi connectivity index (χ0n) is 20.4. The second-order valence-corrected chi connectivity index (χ2v) is 9.03. The van der Waals surface area contributed by atoms with Gasteiger partial charge in [-0.05, 0) is 48.7 Å². The minimum atomic E-state index is -0.224. The van der Waals surface area contributed by atoms with Crippen LogP contribution in [0.4, 0.5) is 0 Å². The van der Waals surface area contributed by atoms with Crippen molar-refractivity contribution in [2.24, 2.45) is 7.05 Å². The number of aromatic amines is 1. The Kier molecular flexibility index (Phi) is 6.54. The lowest BCUT2D eigenvalue weighted by molar-refractivity contribution is 0.0724. The second-order valence-electron chi connectivity index (χ2n) is 9.03. The number of rotatable bonds is 8. The molecule has 0 aliphatic rings. The number of carbonyl (C=O) groups excluding carboxylic acids is 2. The smallest absolute Gasteiger partial charge is 0.287 e. The van der Waals surface area contributed by atoms with E-state index in [0.29, 0.717) is 30.8 Å². The molecule has 2 N–H and O–H groups in total. The van der Waals surface area contributed by atoms with E-state index in [1.54, 1.807) is 9.47 Å². The molecule has 182 valence electrons. The third kappa shape index (κ3) is 4.60. The average molecular weight is 480 g/mol. The summed E-state index contributed by atoms with van der Waals surface area (Å²) in [5.74, 6) is 0.111. The van der Waals surface area contributed by atoms with Crippen molar-refractivity contribution >= 4 is 33.8 Å². The Hall–Kier alpha value is -4.39. The molecule has 0 aliphatic heterocycles. The third-order valence-corrected chi connectivity index (χ3v) is 6.76. The number of benzene rings is 3. The van der Waals surface area contributed by atoms with E-state index in [-0.39, 0.29) is 17.9 Å². The Morgan fingerprint density at radius 1 is 1.00 bits per heavy atom. The first-order chi connectivity index (χ1) is 17.5. The average Bonchev–Trinajstić information content (AvgIpc) is 3.52. The quantitative estimate of drug-likeness (QED) is 0.342. The van der Waals surface area contributed by atoms with Crippen molar-refractivity contribution in [3.63, 3.8) is 0 Å². The van der Waals surface area contributed by atoms with Crippen molar-refractivity contribution < 1.29 is 9.59 Å². The van der Waals surface area contributed by atoms with Gasteiger partial charge in [-0.25, -0.2) is 4.98 Å². The molecule has 0 unspecified atom stereocenters. The van der Waals surface area contributed by atoms with Gasteiger partial charge in [-0.1, -0.05) is 48.5 Å². The summed E-state index contributed by atoms with van der Waals surface area (Å²) in [7, 11) is 3.69. The minimum absolute atomic E-state index is 0.0391. The van der Waals surface area contributed by atoms with E-state index in [1.165, 1.54) is 0 Å². The summed E-state index contributed by atoms with van der Waals surface area (Å²) in [6, 6.07) is 25.3. The molecule has 0 aliphatic carbocycles. The zero-order valence-corrected chi connectivity index (χ0v) is 20.4. The molecule has 0 saturated heterocycles. The van der Waals surface area contributed by atoms with E-state index in [9.17, 15) is 9.59 Å². The summed E-state index contributed by atoms with van der Waals surface area (Å²) < 4.78 is 1.80. The number of likely N-dealkylation sites (N-methyl/N-ethyl adjacent to an activating group) is 1. The van der Waals surface area contributed by atoms with Crippen LogP contribution >= 0.6 is 0 Å². The van der Waals surface area contributed by atoms with Crippen LogP contribution < -0.4 is 5.32 Å². The predicted molar refractivity (Wildman–Crippen MR) is 142 cm³/mol. The van der Waals surface area contributed by atoms with Gasteiger partial charge in [0.2, 0.25) is 0 Å². The summed E-state index contributed by atoms with van der Waals surface area (Å²) in [5, 5.41) is 3.92. The highest BCUT2D eigenvalue weighted by atomic mass is 16.2.